The summed E-state index contributed by atoms with van der Waals surface area (Å²) in [4.78, 5) is 10.3. The zero-order valence-corrected chi connectivity index (χ0v) is 15.3. The van der Waals surface area contributed by atoms with E-state index < -0.39 is 34.2 Å². The van der Waals surface area contributed by atoms with E-state index in [9.17, 15) is 28.4 Å². The van der Waals surface area contributed by atoms with Gasteiger partial charge in [0.15, 0.2) is 0 Å². The van der Waals surface area contributed by atoms with E-state index in [1.165, 1.54) is 31.2 Å². The molecule has 3 rings (SSSR count). The molecule has 0 amide bonds. The number of nitrogens with zero attached hydrogens (tertiary/aromatic N) is 2. The van der Waals surface area contributed by atoms with Crippen molar-refractivity contribution in [1.82, 2.24) is 5.32 Å². The molecule has 1 aliphatic heterocycles. The lowest BCUT2D eigenvalue weighted by atomic mass is 9.79. The Bertz CT molecular complexity index is 918. The molecule has 154 valence electrons. The molecule has 2 N–H and O–H groups in total. The number of hydrogen-bond donors (Lipinski definition) is 2. The average Bonchev–Trinajstić information content (AvgIpc) is 3.09. The van der Waals surface area contributed by atoms with Crippen molar-refractivity contribution in [2.75, 3.05) is 6.61 Å². The van der Waals surface area contributed by atoms with Crippen molar-refractivity contribution in [1.29, 1.82) is 5.26 Å². The van der Waals surface area contributed by atoms with Gasteiger partial charge in [-0.15, -0.1) is 0 Å². The third-order valence-electron chi connectivity index (χ3n) is 5.02. The third-order valence-corrected chi connectivity index (χ3v) is 5.02. The Morgan fingerprint density at radius 3 is 2.76 bits per heavy atom. The number of benzene rings is 1. The molecule has 1 aromatic rings. The van der Waals surface area contributed by atoms with Crippen molar-refractivity contribution in [2.24, 2.45) is 11.8 Å². The molecule has 1 aromatic carbocycles. The van der Waals surface area contributed by atoms with Crippen molar-refractivity contribution in [2.45, 2.75) is 31.2 Å². The lowest BCUT2D eigenvalue weighted by Crippen LogP contribution is -2.42. The van der Waals surface area contributed by atoms with Gasteiger partial charge in [0.05, 0.1) is 29.0 Å². The van der Waals surface area contributed by atoms with Crippen LogP contribution in [0, 0.1) is 33.3 Å². The van der Waals surface area contributed by atoms with Gasteiger partial charge >= 0.3 is 6.18 Å². The van der Waals surface area contributed by atoms with Gasteiger partial charge in [-0.3, -0.25) is 10.1 Å². The second-order valence-electron chi connectivity index (χ2n) is 7.27. The van der Waals surface area contributed by atoms with Crippen LogP contribution in [0.1, 0.15) is 13.3 Å². The van der Waals surface area contributed by atoms with Crippen molar-refractivity contribution in [3.8, 4) is 11.8 Å². The number of nitrogens with one attached hydrogen (secondary N) is 1. The molecule has 1 aliphatic carbocycles. The maximum Gasteiger partial charge on any atom is 0.413 e. The first kappa shape index (κ1) is 20.7. The zero-order valence-electron chi connectivity index (χ0n) is 15.3. The number of nitro benzene ring substituents is 1. The summed E-state index contributed by atoms with van der Waals surface area (Å²) in [6, 6.07) is 6.46. The number of allylic oxidation sites excluding steroid dienone is 1. The number of halogens is 3. The van der Waals surface area contributed by atoms with Gasteiger partial charge in [0.1, 0.15) is 18.0 Å². The molecular weight excluding hydrogens is 391 g/mol. The lowest BCUT2D eigenvalue weighted by molar-refractivity contribution is -0.384. The summed E-state index contributed by atoms with van der Waals surface area (Å²) in [7, 11) is 0. The fraction of sp³-hybridized carbons (Fsp3) is 0.421. The second-order valence-corrected chi connectivity index (χ2v) is 7.27. The third kappa shape index (κ3) is 4.35. The number of nitriles is 1. The SMILES string of the molecule is CC(O)(COc1cccc([N+](=O)[O-])c1)C1=CC2CC(C#N)C(C(F)(F)F)=CC2N1. The Labute approximate surface area is 164 Å². The molecule has 1 heterocycles. The highest BCUT2D eigenvalue weighted by atomic mass is 19.4. The summed E-state index contributed by atoms with van der Waals surface area (Å²) in [5, 5.41) is 33.6. The van der Waals surface area contributed by atoms with Gasteiger partial charge in [-0.1, -0.05) is 18.2 Å². The predicted molar refractivity (Wildman–Crippen MR) is 95.6 cm³/mol. The van der Waals surface area contributed by atoms with Crippen LogP contribution >= 0.6 is 0 Å². The van der Waals surface area contributed by atoms with Gasteiger partial charge in [0, 0.05) is 23.3 Å². The first-order valence-corrected chi connectivity index (χ1v) is 8.78. The van der Waals surface area contributed by atoms with Gasteiger partial charge in [-0.05, 0) is 19.4 Å². The van der Waals surface area contributed by atoms with E-state index in [-0.39, 0.29) is 36.1 Å². The monoisotopic (exact) mass is 409 g/mol. The van der Waals surface area contributed by atoms with E-state index in [1.807, 2.05) is 0 Å². The van der Waals surface area contributed by atoms with E-state index in [1.54, 1.807) is 12.1 Å². The maximum absolute atomic E-state index is 13.2. The molecule has 0 bridgehead atoms. The van der Waals surface area contributed by atoms with Gasteiger partial charge in [-0.2, -0.15) is 18.4 Å². The fourth-order valence-corrected chi connectivity index (χ4v) is 3.48. The minimum atomic E-state index is -4.59. The maximum atomic E-state index is 13.2. The number of non-ortho nitro benzene ring substituents is 1. The summed E-state index contributed by atoms with van der Waals surface area (Å²) >= 11 is 0. The quantitative estimate of drug-likeness (QED) is 0.439. The molecule has 10 heteroatoms. The summed E-state index contributed by atoms with van der Waals surface area (Å²) in [6.07, 6.45) is -1.98. The normalized spacial score (nSPS) is 25.6. The first-order chi connectivity index (χ1) is 13.5. The van der Waals surface area contributed by atoms with Gasteiger partial charge in [-0.25, -0.2) is 0 Å². The molecule has 2 aliphatic rings. The smallest absolute Gasteiger partial charge is 0.413 e. The second kappa shape index (κ2) is 7.40. The largest absolute Gasteiger partial charge is 0.490 e. The molecule has 0 spiro atoms. The summed E-state index contributed by atoms with van der Waals surface area (Å²) in [5.41, 5.74) is -2.33. The van der Waals surface area contributed by atoms with Gasteiger partial charge in [0.2, 0.25) is 0 Å². The van der Waals surface area contributed by atoms with Crippen LogP contribution in [0.5, 0.6) is 5.75 Å². The van der Waals surface area contributed by atoms with Crippen molar-refractivity contribution in [3.05, 3.63) is 57.8 Å². The minimum Gasteiger partial charge on any atom is -0.490 e. The molecular formula is C19H18F3N3O4. The van der Waals surface area contributed by atoms with Gasteiger partial charge in [0.25, 0.3) is 5.69 Å². The molecule has 29 heavy (non-hydrogen) atoms. The van der Waals surface area contributed by atoms with Crippen LogP contribution in [-0.4, -0.2) is 34.5 Å². The molecule has 0 saturated carbocycles. The lowest BCUT2D eigenvalue weighted by Gasteiger charge is -2.30. The molecule has 7 nitrogen and oxygen atoms in total. The van der Waals surface area contributed by atoms with E-state index >= 15 is 0 Å². The van der Waals surface area contributed by atoms with Crippen LogP contribution in [0.3, 0.4) is 0 Å². The van der Waals surface area contributed by atoms with Crippen LogP contribution in [0.25, 0.3) is 0 Å². The number of nitro groups is 1. The van der Waals surface area contributed by atoms with Crippen LogP contribution in [0.2, 0.25) is 0 Å². The number of aliphatic hydroxyl groups is 1. The van der Waals surface area contributed by atoms with Crippen molar-refractivity contribution in [3.63, 3.8) is 0 Å². The van der Waals surface area contributed by atoms with E-state index in [0.717, 1.165) is 6.08 Å². The Hall–Kier alpha value is -3.06. The van der Waals surface area contributed by atoms with E-state index in [0.29, 0.717) is 0 Å². The average molecular weight is 409 g/mol. The van der Waals surface area contributed by atoms with Gasteiger partial charge < -0.3 is 15.2 Å². The highest BCUT2D eigenvalue weighted by Gasteiger charge is 2.46. The van der Waals surface area contributed by atoms with Crippen LogP contribution in [0.15, 0.2) is 47.7 Å². The molecule has 0 fully saturated rings. The Morgan fingerprint density at radius 1 is 1.41 bits per heavy atom. The van der Waals surface area contributed by atoms with E-state index in [2.05, 4.69) is 5.32 Å². The molecule has 0 aromatic heterocycles. The summed E-state index contributed by atoms with van der Waals surface area (Å²) < 4.78 is 45.0. The van der Waals surface area contributed by atoms with Crippen molar-refractivity contribution >= 4 is 5.69 Å². The van der Waals surface area contributed by atoms with Crippen molar-refractivity contribution < 1.29 is 27.9 Å². The highest BCUT2D eigenvalue weighted by Crippen LogP contribution is 2.42. The standard InChI is InChI=1S/C19H18F3N3O4/c1-18(26,10-29-14-4-2-3-13(7-14)25(27)28)17-6-11-5-12(9-23)15(19(20,21)22)8-16(11)24-17/h2-4,6-8,11-12,16,24,26H,5,10H2,1H3. The molecule has 4 unspecified atom stereocenters. The summed E-state index contributed by atoms with van der Waals surface area (Å²) in [6.45, 7) is 1.15. The number of rotatable bonds is 5. The Morgan fingerprint density at radius 2 is 2.14 bits per heavy atom. The van der Waals surface area contributed by atoms with Crippen LogP contribution in [0.4, 0.5) is 18.9 Å². The summed E-state index contributed by atoms with van der Waals surface area (Å²) in [5.74, 6) is -1.45. The Balaban J connectivity index is 1.73. The fourth-order valence-electron chi connectivity index (χ4n) is 3.48. The number of alkyl halides is 3. The number of ether oxygens (including phenoxy) is 1. The Kier molecular flexibility index (Phi) is 5.28. The number of hydrogen-bond acceptors (Lipinski definition) is 6. The molecule has 4 atom stereocenters. The number of fused-ring (bicyclic) bond motifs is 1. The van der Waals surface area contributed by atoms with Crippen LogP contribution < -0.4 is 10.1 Å². The van der Waals surface area contributed by atoms with Crippen LogP contribution in [-0.2, 0) is 0 Å². The highest BCUT2D eigenvalue weighted by molar-refractivity contribution is 5.38. The minimum absolute atomic E-state index is 0.00910. The topological polar surface area (TPSA) is 108 Å². The molecule has 0 radical (unpaired) electrons. The first-order valence-electron chi connectivity index (χ1n) is 8.78. The predicted octanol–water partition coefficient (Wildman–Crippen LogP) is 3.23. The zero-order chi connectivity index (χ0) is 21.4. The van der Waals surface area contributed by atoms with E-state index in [4.69, 9.17) is 10.00 Å². The molecule has 0 saturated heterocycles.